The molecule has 3 aromatic rings. The zero-order valence-corrected chi connectivity index (χ0v) is 19.7. The highest BCUT2D eigenvalue weighted by Crippen LogP contribution is 2.24. The lowest BCUT2D eigenvalue weighted by atomic mass is 10.1. The van der Waals surface area contributed by atoms with E-state index >= 15 is 0 Å². The highest BCUT2D eigenvalue weighted by atomic mass is 16.5. The van der Waals surface area contributed by atoms with Gasteiger partial charge in [0.15, 0.2) is 0 Å². The number of aromatic nitrogens is 3. The first-order valence-corrected chi connectivity index (χ1v) is 11.8. The van der Waals surface area contributed by atoms with Gasteiger partial charge in [-0.05, 0) is 23.8 Å². The van der Waals surface area contributed by atoms with Crippen molar-refractivity contribution in [1.82, 2.24) is 24.3 Å². The molecule has 3 N–H and O–H groups in total. The smallest absolute Gasteiger partial charge is 0.329 e. The molecule has 0 radical (unpaired) electrons. The Morgan fingerprint density at radius 3 is 2.58 bits per heavy atom. The molecule has 10 heteroatoms. The molecular weight excluding hydrogens is 462 g/mol. The number of ether oxygens (including phenoxy) is 1. The molecule has 1 aromatic carbocycles. The second-order valence-electron chi connectivity index (χ2n) is 8.90. The summed E-state index contributed by atoms with van der Waals surface area (Å²) in [5.41, 5.74) is 3.08. The van der Waals surface area contributed by atoms with Gasteiger partial charge in [0.25, 0.3) is 5.56 Å². The average Bonchev–Trinajstić information content (AvgIpc) is 3.43. The minimum atomic E-state index is -0.661. The van der Waals surface area contributed by atoms with Gasteiger partial charge in [-0.1, -0.05) is 24.0 Å². The van der Waals surface area contributed by atoms with Crippen LogP contribution >= 0.6 is 0 Å². The van der Waals surface area contributed by atoms with Gasteiger partial charge in [0.1, 0.15) is 0 Å². The SMILES string of the molecule is O=C1N(C(CO)Cc2nc[nH]c(=O)c2O)Cc2cc(C#Cc3ccc(CN4CCOCC4)cc3)cn21. The van der Waals surface area contributed by atoms with Gasteiger partial charge in [0.05, 0.1) is 44.4 Å². The molecule has 0 aliphatic carbocycles. The summed E-state index contributed by atoms with van der Waals surface area (Å²) in [5.74, 6) is 5.77. The maximum Gasteiger partial charge on any atom is 0.329 e. The number of rotatable bonds is 6. The van der Waals surface area contributed by atoms with Crippen molar-refractivity contribution in [3.05, 3.63) is 81.3 Å². The number of nitrogens with zero attached hydrogens (tertiary/aromatic N) is 4. The molecule has 4 heterocycles. The van der Waals surface area contributed by atoms with E-state index in [-0.39, 0.29) is 31.3 Å². The van der Waals surface area contributed by atoms with Crippen LogP contribution in [-0.4, -0.2) is 79.5 Å². The van der Waals surface area contributed by atoms with Gasteiger partial charge in [0.2, 0.25) is 5.75 Å². The van der Waals surface area contributed by atoms with Crippen molar-refractivity contribution in [2.24, 2.45) is 0 Å². The van der Waals surface area contributed by atoms with Gasteiger partial charge in [0, 0.05) is 49.1 Å². The average molecular weight is 490 g/mol. The second kappa shape index (κ2) is 10.4. The van der Waals surface area contributed by atoms with E-state index in [2.05, 4.69) is 38.8 Å². The Kier molecular flexibility index (Phi) is 6.86. The van der Waals surface area contributed by atoms with Crippen molar-refractivity contribution >= 4 is 6.03 Å². The molecule has 0 spiro atoms. The molecule has 2 aliphatic heterocycles. The van der Waals surface area contributed by atoms with Crippen molar-refractivity contribution in [1.29, 1.82) is 0 Å². The number of hydrogen-bond donors (Lipinski definition) is 3. The van der Waals surface area contributed by atoms with Crippen LogP contribution in [-0.2, 0) is 24.2 Å². The number of fused-ring (bicyclic) bond motifs is 1. The number of hydrogen-bond acceptors (Lipinski definition) is 7. The fourth-order valence-electron chi connectivity index (χ4n) is 4.47. The van der Waals surface area contributed by atoms with E-state index in [9.17, 15) is 19.8 Å². The fraction of sp³-hybridized carbons (Fsp3) is 0.346. The van der Waals surface area contributed by atoms with Crippen LogP contribution in [0.3, 0.4) is 0 Å². The van der Waals surface area contributed by atoms with Crippen LogP contribution in [0.5, 0.6) is 5.75 Å². The Hall–Kier alpha value is -3.91. The predicted octanol–water partition coefficient (Wildman–Crippen LogP) is 0.896. The second-order valence-corrected chi connectivity index (χ2v) is 8.90. The Morgan fingerprint density at radius 1 is 1.11 bits per heavy atom. The van der Waals surface area contributed by atoms with Crippen molar-refractivity contribution < 1.29 is 19.7 Å². The van der Waals surface area contributed by atoms with E-state index in [0.29, 0.717) is 0 Å². The normalized spacial score (nSPS) is 16.5. The van der Waals surface area contributed by atoms with Crippen molar-refractivity contribution in [2.45, 2.75) is 25.6 Å². The summed E-state index contributed by atoms with van der Waals surface area (Å²) in [7, 11) is 0. The number of carbonyl (C=O) groups is 1. The summed E-state index contributed by atoms with van der Waals surface area (Å²) in [5, 5.41) is 19.8. The quantitative estimate of drug-likeness (QED) is 0.440. The maximum absolute atomic E-state index is 13.0. The first kappa shape index (κ1) is 23.8. The fourth-order valence-corrected chi connectivity index (χ4v) is 4.47. The van der Waals surface area contributed by atoms with Crippen LogP contribution in [0, 0.1) is 11.8 Å². The third-order valence-electron chi connectivity index (χ3n) is 6.48. The number of carbonyl (C=O) groups excluding carboxylic acids is 1. The zero-order chi connectivity index (χ0) is 25.1. The van der Waals surface area contributed by atoms with Crippen molar-refractivity contribution in [2.75, 3.05) is 32.9 Å². The molecule has 0 saturated carbocycles. The largest absolute Gasteiger partial charge is 0.502 e. The van der Waals surface area contributed by atoms with Gasteiger partial charge in [-0.25, -0.2) is 9.78 Å². The molecule has 0 bridgehead atoms. The molecule has 10 nitrogen and oxygen atoms in total. The Balaban J connectivity index is 1.23. The summed E-state index contributed by atoms with van der Waals surface area (Å²) < 4.78 is 6.91. The first-order valence-electron chi connectivity index (χ1n) is 11.8. The highest BCUT2D eigenvalue weighted by molar-refractivity contribution is 5.81. The minimum absolute atomic E-state index is 0.0526. The van der Waals surface area contributed by atoms with Gasteiger partial charge in [-0.2, -0.15) is 0 Å². The standard InChI is InChI=1S/C26H27N5O5/c32-16-22(12-23-24(33)25(34)28-17-27-23)31-15-21-11-20(14-30(21)26(31)35)6-3-18-1-4-19(5-2-18)13-29-7-9-36-10-8-29/h1-2,4-5,11,14,17,22,32-33H,7-10,12-13,15-16H2,(H,27,28,34). The molecule has 2 aromatic heterocycles. The van der Waals surface area contributed by atoms with Crippen molar-refractivity contribution in [3.63, 3.8) is 0 Å². The van der Waals surface area contributed by atoms with Gasteiger partial charge in [-0.3, -0.25) is 14.3 Å². The summed E-state index contributed by atoms with van der Waals surface area (Å²) in [4.78, 5) is 34.7. The summed E-state index contributed by atoms with van der Waals surface area (Å²) >= 11 is 0. The van der Waals surface area contributed by atoms with E-state index in [1.165, 1.54) is 21.4 Å². The molecule has 1 unspecified atom stereocenters. The highest BCUT2D eigenvalue weighted by Gasteiger charge is 2.33. The lowest BCUT2D eigenvalue weighted by Crippen LogP contribution is -2.41. The first-order chi connectivity index (χ1) is 17.5. The van der Waals surface area contributed by atoms with E-state index in [1.807, 2.05) is 18.2 Å². The number of aromatic hydroxyl groups is 1. The molecule has 1 amide bonds. The van der Waals surface area contributed by atoms with Crippen LogP contribution in [0.1, 0.15) is 28.1 Å². The molecule has 5 rings (SSSR count). The number of morpholine rings is 1. The Morgan fingerprint density at radius 2 is 1.86 bits per heavy atom. The predicted molar refractivity (Wildman–Crippen MR) is 130 cm³/mol. The van der Waals surface area contributed by atoms with Crippen molar-refractivity contribution in [3.8, 4) is 17.6 Å². The van der Waals surface area contributed by atoms with Gasteiger partial charge in [-0.15, -0.1) is 0 Å². The van der Waals surface area contributed by atoms with Crippen LogP contribution in [0.25, 0.3) is 0 Å². The topological polar surface area (TPSA) is 124 Å². The molecule has 2 aliphatic rings. The number of aliphatic hydroxyl groups is 1. The van der Waals surface area contributed by atoms with Gasteiger partial charge >= 0.3 is 6.03 Å². The van der Waals surface area contributed by atoms with Crippen LogP contribution in [0.15, 0.2) is 47.7 Å². The van der Waals surface area contributed by atoms with Gasteiger partial charge < -0.3 is 24.8 Å². The number of benzene rings is 1. The lowest BCUT2D eigenvalue weighted by Gasteiger charge is -2.26. The van der Waals surface area contributed by atoms with Crippen LogP contribution < -0.4 is 5.56 Å². The monoisotopic (exact) mass is 489 g/mol. The molecule has 1 fully saturated rings. The van der Waals surface area contributed by atoms with E-state index in [4.69, 9.17) is 4.74 Å². The lowest BCUT2D eigenvalue weighted by molar-refractivity contribution is 0.0342. The molecular formula is C26H27N5O5. The number of nitrogens with one attached hydrogen (secondary N) is 1. The minimum Gasteiger partial charge on any atom is -0.502 e. The van der Waals surface area contributed by atoms with Crippen LogP contribution in [0.2, 0.25) is 0 Å². The summed E-state index contributed by atoms with van der Waals surface area (Å²) in [6.45, 7) is 4.29. The third-order valence-corrected chi connectivity index (χ3v) is 6.48. The number of aliphatic hydroxyl groups excluding tert-OH is 1. The summed E-state index contributed by atoms with van der Waals surface area (Å²) in [6, 6.07) is 9.10. The molecule has 1 atom stereocenters. The Labute approximate surface area is 207 Å². The third kappa shape index (κ3) is 5.04. The number of H-pyrrole nitrogens is 1. The number of aromatic amines is 1. The van der Waals surface area contributed by atoms with E-state index in [0.717, 1.165) is 49.7 Å². The van der Waals surface area contributed by atoms with E-state index in [1.54, 1.807) is 6.20 Å². The molecule has 186 valence electrons. The zero-order valence-electron chi connectivity index (χ0n) is 19.7. The van der Waals surface area contributed by atoms with Crippen LogP contribution in [0.4, 0.5) is 4.79 Å². The molecule has 1 saturated heterocycles. The van der Waals surface area contributed by atoms with E-state index < -0.39 is 17.4 Å². The Bertz CT molecular complexity index is 1360. The maximum atomic E-state index is 13.0. The number of amides is 1. The molecule has 36 heavy (non-hydrogen) atoms. The summed E-state index contributed by atoms with van der Waals surface area (Å²) in [6.07, 6.45) is 2.93.